The van der Waals surface area contributed by atoms with E-state index in [1.54, 1.807) is 0 Å². The molecule has 0 bridgehead atoms. The van der Waals surface area contributed by atoms with Crippen molar-refractivity contribution in [1.82, 2.24) is 4.90 Å². The first kappa shape index (κ1) is 48.8. The Morgan fingerprint density at radius 3 is 1.67 bits per heavy atom. The summed E-state index contributed by atoms with van der Waals surface area (Å²) in [5.41, 5.74) is 0. The maximum atomic E-state index is 13.2. The molecule has 7 heteroatoms. The summed E-state index contributed by atoms with van der Waals surface area (Å²) in [7, 11) is 4.05. The van der Waals surface area contributed by atoms with Gasteiger partial charge in [0.05, 0.1) is 6.61 Å². The van der Waals surface area contributed by atoms with Crippen molar-refractivity contribution in [3.8, 4) is 0 Å². The minimum Gasteiger partial charge on any atom is -0.463 e. The standard InChI is InChI=1S/C45H87NO6/c1-6-9-12-14-16-18-20-22-24-27-35-49-38-41(50-36-28-25-23-21-19-17-15-13-10-7-2)39-51-45(48)37-40-32-33-43(42(40)30-26-11-8-3)52-44(47)31-29-34-46(4)5/h40-43H,6-39H2,1-5H3. The lowest BCUT2D eigenvalue weighted by Crippen LogP contribution is -2.30. The SMILES string of the molecule is CCCCCCCCCCCCOCC(COC(=O)CC1CCC(OC(=O)CCCN(C)C)C1CCCCC)OCCCCCCCCCCCC. The summed E-state index contributed by atoms with van der Waals surface area (Å²) in [6.45, 7) is 9.76. The van der Waals surface area contributed by atoms with Crippen LogP contribution in [0.4, 0.5) is 0 Å². The summed E-state index contributed by atoms with van der Waals surface area (Å²) in [6, 6.07) is 0. The van der Waals surface area contributed by atoms with Gasteiger partial charge >= 0.3 is 11.9 Å². The van der Waals surface area contributed by atoms with Crippen molar-refractivity contribution in [2.24, 2.45) is 11.8 Å². The number of unbranched alkanes of at least 4 members (excludes halogenated alkanes) is 20. The number of carbonyl (C=O) groups excluding carboxylic acids is 2. The van der Waals surface area contributed by atoms with E-state index >= 15 is 0 Å². The van der Waals surface area contributed by atoms with Gasteiger partial charge in [0, 0.05) is 26.1 Å². The predicted octanol–water partition coefficient (Wildman–Crippen LogP) is 12.0. The van der Waals surface area contributed by atoms with Crippen LogP contribution < -0.4 is 0 Å². The maximum Gasteiger partial charge on any atom is 0.306 e. The fraction of sp³-hybridized carbons (Fsp3) is 0.956. The lowest BCUT2D eigenvalue weighted by Gasteiger charge is -2.25. The second-order valence-corrected chi connectivity index (χ2v) is 16.3. The minimum atomic E-state index is -0.231. The van der Waals surface area contributed by atoms with Crippen LogP contribution in [0.2, 0.25) is 0 Å². The third-order valence-electron chi connectivity index (χ3n) is 11.0. The lowest BCUT2D eigenvalue weighted by atomic mass is 9.87. The normalized spacial score (nSPS) is 17.9. The molecule has 1 rings (SSSR count). The zero-order valence-electron chi connectivity index (χ0n) is 35.2. The Kier molecular flexibility index (Phi) is 33.4. The first-order valence-electron chi connectivity index (χ1n) is 22.6. The van der Waals surface area contributed by atoms with Gasteiger partial charge in [-0.2, -0.15) is 0 Å². The van der Waals surface area contributed by atoms with Gasteiger partial charge in [0.2, 0.25) is 0 Å². The number of nitrogens with zero attached hydrogens (tertiary/aromatic N) is 1. The second kappa shape index (κ2) is 35.5. The van der Waals surface area contributed by atoms with Crippen molar-refractivity contribution in [2.75, 3.05) is 47.1 Å². The van der Waals surface area contributed by atoms with E-state index in [0.717, 1.165) is 70.9 Å². The molecule has 4 unspecified atom stereocenters. The van der Waals surface area contributed by atoms with Crippen LogP contribution in [-0.2, 0) is 28.5 Å². The van der Waals surface area contributed by atoms with Crippen LogP contribution in [0.5, 0.6) is 0 Å². The Hall–Kier alpha value is -1.18. The number of hydrogen-bond acceptors (Lipinski definition) is 7. The zero-order chi connectivity index (χ0) is 37.9. The smallest absolute Gasteiger partial charge is 0.306 e. The van der Waals surface area contributed by atoms with Crippen LogP contribution in [-0.4, -0.2) is 76.1 Å². The molecule has 0 heterocycles. The molecule has 0 aromatic carbocycles. The van der Waals surface area contributed by atoms with Crippen molar-refractivity contribution < 1.29 is 28.5 Å². The molecule has 0 spiro atoms. The number of ether oxygens (including phenoxy) is 4. The average molecular weight is 738 g/mol. The van der Waals surface area contributed by atoms with Crippen LogP contribution in [0, 0.1) is 11.8 Å². The van der Waals surface area contributed by atoms with Gasteiger partial charge in [0.15, 0.2) is 0 Å². The molecule has 0 N–H and O–H groups in total. The van der Waals surface area contributed by atoms with Crippen LogP contribution in [0.1, 0.15) is 207 Å². The van der Waals surface area contributed by atoms with E-state index < -0.39 is 0 Å². The summed E-state index contributed by atoms with van der Waals surface area (Å²) >= 11 is 0. The van der Waals surface area contributed by atoms with Crippen LogP contribution in [0.15, 0.2) is 0 Å². The highest BCUT2D eigenvalue weighted by atomic mass is 16.6. The highest BCUT2D eigenvalue weighted by Gasteiger charge is 2.39. The average Bonchev–Trinajstić information content (AvgIpc) is 3.49. The molecule has 1 aliphatic rings. The summed E-state index contributed by atoms with van der Waals surface area (Å²) in [4.78, 5) is 28.0. The molecule has 0 radical (unpaired) electrons. The summed E-state index contributed by atoms with van der Waals surface area (Å²) in [6.07, 6.45) is 33.5. The topological polar surface area (TPSA) is 74.3 Å². The van der Waals surface area contributed by atoms with Crippen molar-refractivity contribution in [3.63, 3.8) is 0 Å². The van der Waals surface area contributed by atoms with E-state index in [2.05, 4.69) is 25.7 Å². The van der Waals surface area contributed by atoms with E-state index in [4.69, 9.17) is 18.9 Å². The Morgan fingerprint density at radius 2 is 1.12 bits per heavy atom. The van der Waals surface area contributed by atoms with Gasteiger partial charge in [0.1, 0.15) is 18.8 Å². The quantitative estimate of drug-likeness (QED) is 0.0461. The zero-order valence-corrected chi connectivity index (χ0v) is 35.2. The molecule has 52 heavy (non-hydrogen) atoms. The summed E-state index contributed by atoms with van der Waals surface area (Å²) in [5.74, 6) is 0.161. The molecule has 0 amide bonds. The van der Waals surface area contributed by atoms with Gasteiger partial charge < -0.3 is 23.8 Å². The van der Waals surface area contributed by atoms with E-state index in [0.29, 0.717) is 26.1 Å². The second-order valence-electron chi connectivity index (χ2n) is 16.3. The van der Waals surface area contributed by atoms with Crippen LogP contribution in [0.3, 0.4) is 0 Å². The molecule has 4 atom stereocenters. The van der Waals surface area contributed by atoms with E-state index in [-0.39, 0.29) is 42.6 Å². The maximum absolute atomic E-state index is 13.2. The molecule has 1 fully saturated rings. The molecule has 0 aliphatic heterocycles. The Balaban J connectivity index is 2.51. The minimum absolute atomic E-state index is 0.0853. The third kappa shape index (κ3) is 28.3. The molecule has 0 aromatic heterocycles. The van der Waals surface area contributed by atoms with Crippen molar-refractivity contribution in [1.29, 1.82) is 0 Å². The highest BCUT2D eigenvalue weighted by Crippen LogP contribution is 2.40. The monoisotopic (exact) mass is 738 g/mol. The molecule has 0 saturated heterocycles. The van der Waals surface area contributed by atoms with Gasteiger partial charge in [-0.15, -0.1) is 0 Å². The Morgan fingerprint density at radius 1 is 0.596 bits per heavy atom. The van der Waals surface area contributed by atoms with E-state index in [1.165, 1.54) is 116 Å². The van der Waals surface area contributed by atoms with Crippen molar-refractivity contribution in [2.45, 2.75) is 219 Å². The van der Waals surface area contributed by atoms with Crippen LogP contribution >= 0.6 is 0 Å². The highest BCUT2D eigenvalue weighted by molar-refractivity contribution is 5.70. The molecular weight excluding hydrogens is 650 g/mol. The number of rotatable bonds is 38. The number of hydrogen-bond donors (Lipinski definition) is 0. The van der Waals surface area contributed by atoms with Gasteiger partial charge in [-0.3, -0.25) is 9.59 Å². The summed E-state index contributed by atoms with van der Waals surface area (Å²) < 4.78 is 24.2. The molecule has 0 aromatic rings. The fourth-order valence-electron chi connectivity index (χ4n) is 7.68. The molecule has 1 aliphatic carbocycles. The molecular formula is C45H87NO6. The van der Waals surface area contributed by atoms with Gasteiger partial charge in [-0.1, -0.05) is 156 Å². The largest absolute Gasteiger partial charge is 0.463 e. The van der Waals surface area contributed by atoms with Crippen molar-refractivity contribution >= 4 is 11.9 Å². The van der Waals surface area contributed by atoms with Crippen LogP contribution in [0.25, 0.3) is 0 Å². The number of esters is 2. The van der Waals surface area contributed by atoms with E-state index in [9.17, 15) is 9.59 Å². The third-order valence-corrected chi connectivity index (χ3v) is 11.0. The van der Waals surface area contributed by atoms with Gasteiger partial charge in [-0.05, 0) is 71.0 Å². The Bertz CT molecular complexity index is 807. The first-order valence-corrected chi connectivity index (χ1v) is 22.6. The van der Waals surface area contributed by atoms with Gasteiger partial charge in [0.25, 0.3) is 0 Å². The van der Waals surface area contributed by atoms with Gasteiger partial charge in [-0.25, -0.2) is 0 Å². The fourth-order valence-corrected chi connectivity index (χ4v) is 7.68. The van der Waals surface area contributed by atoms with E-state index in [1.807, 2.05) is 14.1 Å². The number of carbonyl (C=O) groups is 2. The predicted molar refractivity (Wildman–Crippen MR) is 218 cm³/mol. The van der Waals surface area contributed by atoms with Crippen molar-refractivity contribution in [3.05, 3.63) is 0 Å². The first-order chi connectivity index (χ1) is 25.4. The molecule has 1 saturated carbocycles. The molecule has 308 valence electrons. The lowest BCUT2D eigenvalue weighted by molar-refractivity contribution is -0.153. The molecule has 7 nitrogen and oxygen atoms in total. The Labute approximate surface area is 322 Å². The summed E-state index contributed by atoms with van der Waals surface area (Å²) in [5, 5.41) is 0.